The molecule has 0 saturated carbocycles. The number of nitrogens with zero attached hydrogens (tertiary/aromatic N) is 1. The smallest absolute Gasteiger partial charge is 0.339 e. The highest BCUT2D eigenvalue weighted by molar-refractivity contribution is 5.93. The van der Waals surface area contributed by atoms with Gasteiger partial charge in [-0.05, 0) is 12.1 Å². The number of carboxylic acids is 1. The fraction of sp³-hybridized carbons (Fsp3) is 0.462. The van der Waals surface area contributed by atoms with Gasteiger partial charge in [-0.2, -0.15) is 0 Å². The van der Waals surface area contributed by atoms with Crippen molar-refractivity contribution in [3.05, 3.63) is 23.8 Å². The number of anilines is 1. The summed E-state index contributed by atoms with van der Waals surface area (Å²) in [5.74, 6) is -0.651. The van der Waals surface area contributed by atoms with Crippen molar-refractivity contribution >= 4 is 11.7 Å². The summed E-state index contributed by atoms with van der Waals surface area (Å²) >= 11 is 0. The average molecular weight is 267 g/mol. The molecule has 2 N–H and O–H groups in total. The Kier molecular flexibility index (Phi) is 4.24. The van der Waals surface area contributed by atoms with Gasteiger partial charge in [-0.15, -0.1) is 0 Å². The summed E-state index contributed by atoms with van der Waals surface area (Å²) in [7, 11) is 1.53. The zero-order chi connectivity index (χ0) is 13.8. The summed E-state index contributed by atoms with van der Waals surface area (Å²) in [5, 5.41) is 18.9. The van der Waals surface area contributed by atoms with Gasteiger partial charge in [-0.25, -0.2) is 4.79 Å². The van der Waals surface area contributed by atoms with Crippen LogP contribution >= 0.6 is 0 Å². The number of aliphatic hydroxyl groups is 1. The number of β-amino-alcohol motifs (C(OH)–C–C–N with tert-alkyl or cyclic N) is 1. The number of rotatable bonds is 5. The Bertz CT molecular complexity index is 462. The highest BCUT2D eigenvalue weighted by Gasteiger charge is 2.24. The summed E-state index contributed by atoms with van der Waals surface area (Å²) in [6.07, 6.45) is -0.621. The molecule has 1 atom stereocenters. The van der Waals surface area contributed by atoms with Crippen LogP contribution in [0.1, 0.15) is 10.4 Å². The Morgan fingerprint density at radius 2 is 2.37 bits per heavy atom. The lowest BCUT2D eigenvalue weighted by Crippen LogP contribution is -2.40. The van der Waals surface area contributed by atoms with E-state index in [0.29, 0.717) is 31.1 Å². The summed E-state index contributed by atoms with van der Waals surface area (Å²) in [4.78, 5) is 13.0. The van der Waals surface area contributed by atoms with Crippen LogP contribution in [-0.2, 0) is 4.74 Å². The number of aromatic carboxylic acids is 1. The van der Waals surface area contributed by atoms with Gasteiger partial charge >= 0.3 is 5.97 Å². The van der Waals surface area contributed by atoms with Crippen LogP contribution in [-0.4, -0.2) is 55.7 Å². The highest BCUT2D eigenvalue weighted by Crippen LogP contribution is 2.34. The monoisotopic (exact) mass is 267 g/mol. The first-order chi connectivity index (χ1) is 9.13. The van der Waals surface area contributed by atoms with Crippen molar-refractivity contribution in [1.82, 2.24) is 0 Å². The Morgan fingerprint density at radius 3 is 3.05 bits per heavy atom. The number of ether oxygens (including phenoxy) is 2. The molecule has 1 aliphatic heterocycles. The van der Waals surface area contributed by atoms with Crippen LogP contribution in [0.5, 0.6) is 5.75 Å². The number of methoxy groups -OCH3 is 1. The molecule has 1 aliphatic rings. The lowest BCUT2D eigenvalue weighted by molar-refractivity contribution is 0.0674. The quantitative estimate of drug-likeness (QED) is 0.813. The molecule has 0 saturated heterocycles. The normalized spacial score (nSPS) is 15.6. The highest BCUT2D eigenvalue weighted by atomic mass is 16.5. The summed E-state index contributed by atoms with van der Waals surface area (Å²) in [6, 6.07) is 4.98. The van der Waals surface area contributed by atoms with Gasteiger partial charge in [0.15, 0.2) is 5.75 Å². The first kappa shape index (κ1) is 13.6. The third-order valence-electron chi connectivity index (χ3n) is 2.96. The third-order valence-corrected chi connectivity index (χ3v) is 2.96. The van der Waals surface area contributed by atoms with Crippen molar-refractivity contribution in [2.45, 2.75) is 6.10 Å². The van der Waals surface area contributed by atoms with Crippen molar-refractivity contribution in [1.29, 1.82) is 0 Å². The third kappa shape index (κ3) is 2.97. The molecule has 0 aromatic heterocycles. The fourth-order valence-electron chi connectivity index (χ4n) is 2.16. The Morgan fingerprint density at radius 1 is 1.58 bits per heavy atom. The molecule has 0 spiro atoms. The second-order valence-corrected chi connectivity index (χ2v) is 4.36. The number of carboxylic acid groups (broad SMARTS) is 1. The van der Waals surface area contributed by atoms with E-state index in [1.54, 1.807) is 12.1 Å². The van der Waals surface area contributed by atoms with Crippen LogP contribution < -0.4 is 9.64 Å². The van der Waals surface area contributed by atoms with Crippen LogP contribution in [0.25, 0.3) is 0 Å². The molecule has 19 heavy (non-hydrogen) atoms. The Balaban J connectivity index is 2.24. The van der Waals surface area contributed by atoms with Crippen molar-refractivity contribution < 1.29 is 24.5 Å². The van der Waals surface area contributed by atoms with E-state index in [1.807, 2.05) is 4.90 Å². The molecule has 0 fully saturated rings. The molecule has 1 heterocycles. The molecule has 6 heteroatoms. The molecule has 0 radical (unpaired) electrons. The number of para-hydroxylation sites is 1. The first-order valence-electron chi connectivity index (χ1n) is 6.04. The zero-order valence-electron chi connectivity index (χ0n) is 10.7. The molecular formula is C13H17NO5. The van der Waals surface area contributed by atoms with E-state index in [2.05, 4.69) is 0 Å². The van der Waals surface area contributed by atoms with Crippen LogP contribution in [0.2, 0.25) is 0 Å². The molecule has 104 valence electrons. The minimum atomic E-state index is -1.02. The van der Waals surface area contributed by atoms with E-state index in [-0.39, 0.29) is 12.2 Å². The van der Waals surface area contributed by atoms with Gasteiger partial charge in [0.25, 0.3) is 0 Å². The summed E-state index contributed by atoms with van der Waals surface area (Å²) in [5.41, 5.74) is 0.838. The standard InChI is InChI=1S/C13H17NO5/c1-18-8-9(15)7-14-5-6-19-12-10(13(16)17)3-2-4-11(12)14/h2-4,9,15H,5-8H2,1H3,(H,16,17). The van der Waals surface area contributed by atoms with Crippen LogP contribution in [0.4, 0.5) is 5.69 Å². The first-order valence-corrected chi connectivity index (χ1v) is 6.04. The summed E-state index contributed by atoms with van der Waals surface area (Å²) in [6.45, 7) is 1.63. The second-order valence-electron chi connectivity index (χ2n) is 4.36. The average Bonchev–Trinajstić information content (AvgIpc) is 2.38. The minimum Gasteiger partial charge on any atom is -0.489 e. The van der Waals surface area contributed by atoms with Crippen LogP contribution in [0.15, 0.2) is 18.2 Å². The molecule has 2 rings (SSSR count). The van der Waals surface area contributed by atoms with E-state index < -0.39 is 12.1 Å². The number of carbonyl (C=O) groups is 1. The number of benzene rings is 1. The number of hydrogen-bond donors (Lipinski definition) is 2. The van der Waals surface area contributed by atoms with E-state index in [1.165, 1.54) is 13.2 Å². The Labute approximate surface area is 111 Å². The van der Waals surface area contributed by atoms with Crippen LogP contribution in [0.3, 0.4) is 0 Å². The molecule has 0 amide bonds. The van der Waals surface area contributed by atoms with Crippen molar-refractivity contribution in [3.63, 3.8) is 0 Å². The minimum absolute atomic E-state index is 0.142. The Hall–Kier alpha value is -1.79. The van der Waals surface area contributed by atoms with E-state index in [0.717, 1.165) is 0 Å². The molecule has 1 unspecified atom stereocenters. The van der Waals surface area contributed by atoms with Gasteiger partial charge in [0.05, 0.1) is 24.9 Å². The molecule has 0 aliphatic carbocycles. The van der Waals surface area contributed by atoms with Gasteiger partial charge in [0.1, 0.15) is 12.2 Å². The van der Waals surface area contributed by atoms with Crippen molar-refractivity contribution in [2.24, 2.45) is 0 Å². The lowest BCUT2D eigenvalue weighted by atomic mass is 10.1. The van der Waals surface area contributed by atoms with Gasteiger partial charge in [0, 0.05) is 13.7 Å². The van der Waals surface area contributed by atoms with Crippen LogP contribution in [0, 0.1) is 0 Å². The summed E-state index contributed by atoms with van der Waals surface area (Å²) < 4.78 is 10.3. The van der Waals surface area contributed by atoms with Crippen molar-refractivity contribution in [3.8, 4) is 5.75 Å². The largest absolute Gasteiger partial charge is 0.489 e. The van der Waals surface area contributed by atoms with E-state index >= 15 is 0 Å². The SMILES string of the molecule is COCC(O)CN1CCOc2c(C(=O)O)cccc21. The predicted molar refractivity (Wildman–Crippen MR) is 69.0 cm³/mol. The zero-order valence-corrected chi connectivity index (χ0v) is 10.7. The van der Waals surface area contributed by atoms with Crippen molar-refractivity contribution in [2.75, 3.05) is 38.3 Å². The number of aliphatic hydroxyl groups excluding tert-OH is 1. The molecular weight excluding hydrogens is 250 g/mol. The molecule has 1 aromatic carbocycles. The maximum absolute atomic E-state index is 11.1. The fourth-order valence-corrected chi connectivity index (χ4v) is 2.16. The molecule has 1 aromatic rings. The van der Waals surface area contributed by atoms with E-state index in [4.69, 9.17) is 14.6 Å². The van der Waals surface area contributed by atoms with Gasteiger partial charge in [-0.3, -0.25) is 0 Å². The molecule has 0 bridgehead atoms. The predicted octanol–water partition coefficient (Wildman–Crippen LogP) is 0.591. The lowest BCUT2D eigenvalue weighted by Gasteiger charge is -2.33. The topological polar surface area (TPSA) is 79.2 Å². The maximum atomic E-state index is 11.1. The second kappa shape index (κ2) is 5.90. The number of fused-ring (bicyclic) bond motifs is 1. The van der Waals surface area contributed by atoms with E-state index in [9.17, 15) is 9.90 Å². The van der Waals surface area contributed by atoms with Gasteiger partial charge < -0.3 is 24.6 Å². The van der Waals surface area contributed by atoms with Gasteiger partial charge in [-0.1, -0.05) is 6.07 Å². The molecule has 6 nitrogen and oxygen atoms in total. The van der Waals surface area contributed by atoms with Gasteiger partial charge in [0.2, 0.25) is 0 Å². The maximum Gasteiger partial charge on any atom is 0.339 e. The number of hydrogen-bond acceptors (Lipinski definition) is 5.